The highest BCUT2D eigenvalue weighted by molar-refractivity contribution is 5.85. The smallest absolute Gasteiger partial charge is 0.354 e. The molecule has 2 aromatic rings. The van der Waals surface area contributed by atoms with E-state index >= 15 is 0 Å². The Morgan fingerprint density at radius 1 is 1.30 bits per heavy atom. The third-order valence-corrected chi connectivity index (χ3v) is 2.48. The fourth-order valence-corrected chi connectivity index (χ4v) is 1.52. The zero-order chi connectivity index (χ0) is 14.5. The maximum Gasteiger partial charge on any atom is 0.354 e. The zero-order valence-corrected chi connectivity index (χ0v) is 10.5. The van der Waals surface area contributed by atoms with E-state index in [9.17, 15) is 4.79 Å². The molecule has 0 atom stereocenters. The van der Waals surface area contributed by atoms with Gasteiger partial charge in [0.25, 0.3) is 0 Å². The van der Waals surface area contributed by atoms with Gasteiger partial charge < -0.3 is 14.6 Å². The van der Waals surface area contributed by atoms with Crippen LogP contribution in [0.15, 0.2) is 36.5 Å². The predicted molar refractivity (Wildman–Crippen MR) is 69.0 cm³/mol. The van der Waals surface area contributed by atoms with Gasteiger partial charge >= 0.3 is 5.97 Å². The predicted octanol–water partition coefficient (Wildman–Crippen LogP) is 2.45. The molecule has 0 saturated carbocycles. The van der Waals surface area contributed by atoms with E-state index in [1.807, 2.05) is 6.07 Å². The first-order valence-electron chi connectivity index (χ1n) is 5.59. The molecule has 0 aliphatic heterocycles. The summed E-state index contributed by atoms with van der Waals surface area (Å²) in [6, 6.07) is 9.58. The molecule has 0 fully saturated rings. The zero-order valence-electron chi connectivity index (χ0n) is 10.5. The first-order chi connectivity index (χ1) is 9.63. The minimum atomic E-state index is -1.10. The summed E-state index contributed by atoms with van der Waals surface area (Å²) in [7, 11) is 1.47. The Kier molecular flexibility index (Phi) is 3.82. The maximum atomic E-state index is 10.7. The first kappa shape index (κ1) is 13.4. The number of nitriles is 1. The summed E-state index contributed by atoms with van der Waals surface area (Å²) >= 11 is 0. The highest BCUT2D eigenvalue weighted by Crippen LogP contribution is 2.31. The molecule has 0 unspecified atom stereocenters. The Morgan fingerprint density at radius 2 is 2.10 bits per heavy atom. The molecule has 1 aromatic carbocycles. The molecule has 1 aromatic heterocycles. The van der Waals surface area contributed by atoms with E-state index in [1.54, 1.807) is 18.2 Å². The number of carboxylic acid groups (broad SMARTS) is 1. The number of benzene rings is 1. The molecule has 0 bridgehead atoms. The van der Waals surface area contributed by atoms with Gasteiger partial charge in [-0.15, -0.1) is 0 Å². The fourth-order valence-electron chi connectivity index (χ4n) is 1.52. The summed E-state index contributed by atoms with van der Waals surface area (Å²) in [6.45, 7) is 0. The van der Waals surface area contributed by atoms with Crippen molar-refractivity contribution in [2.24, 2.45) is 0 Å². The van der Waals surface area contributed by atoms with Gasteiger partial charge in [-0.3, -0.25) is 0 Å². The lowest BCUT2D eigenvalue weighted by Crippen LogP contribution is -1.99. The van der Waals surface area contributed by atoms with Crippen LogP contribution in [-0.2, 0) is 0 Å². The summed E-state index contributed by atoms with van der Waals surface area (Å²) < 4.78 is 10.7. The van der Waals surface area contributed by atoms with Gasteiger partial charge in [-0.25, -0.2) is 9.78 Å². The summed E-state index contributed by atoms with van der Waals surface area (Å²) in [5.74, 6) is 0.0910. The minimum absolute atomic E-state index is 0.0656. The normalized spacial score (nSPS) is 9.60. The van der Waals surface area contributed by atoms with E-state index in [0.29, 0.717) is 22.8 Å². The summed E-state index contributed by atoms with van der Waals surface area (Å²) in [5, 5.41) is 17.6. The Morgan fingerprint density at radius 3 is 2.65 bits per heavy atom. The molecule has 6 heteroatoms. The van der Waals surface area contributed by atoms with Gasteiger partial charge in [0.1, 0.15) is 11.4 Å². The van der Waals surface area contributed by atoms with Crippen LogP contribution in [-0.4, -0.2) is 23.2 Å². The van der Waals surface area contributed by atoms with Crippen LogP contribution >= 0.6 is 0 Å². The lowest BCUT2D eigenvalue weighted by molar-refractivity contribution is 0.0690. The lowest BCUT2D eigenvalue weighted by Gasteiger charge is -2.10. The molecule has 0 amide bonds. The van der Waals surface area contributed by atoms with Crippen LogP contribution in [0.5, 0.6) is 17.2 Å². The Hall–Kier alpha value is -3.07. The van der Waals surface area contributed by atoms with Gasteiger partial charge in [0.2, 0.25) is 0 Å². The van der Waals surface area contributed by atoms with Crippen LogP contribution in [0.25, 0.3) is 0 Å². The monoisotopic (exact) mass is 270 g/mol. The molecular formula is C14H10N2O4. The second kappa shape index (κ2) is 5.71. The number of methoxy groups -OCH3 is 1. The number of hydrogen-bond acceptors (Lipinski definition) is 5. The average molecular weight is 270 g/mol. The Balaban J connectivity index is 2.25. The summed E-state index contributed by atoms with van der Waals surface area (Å²) in [5.41, 5.74) is 0.387. The molecule has 1 heterocycles. The van der Waals surface area contributed by atoms with Crippen molar-refractivity contribution in [1.82, 2.24) is 4.98 Å². The van der Waals surface area contributed by atoms with Gasteiger partial charge in [0.15, 0.2) is 11.5 Å². The van der Waals surface area contributed by atoms with Crippen molar-refractivity contribution in [2.45, 2.75) is 0 Å². The van der Waals surface area contributed by atoms with Crippen molar-refractivity contribution < 1.29 is 19.4 Å². The standard InChI is InChI=1S/C14H10N2O4/c1-19-13-6-9(7-15)2-5-12(13)20-10-3-4-11(14(17)18)16-8-10/h2-6,8H,1H3,(H,17,18). The maximum absolute atomic E-state index is 10.7. The first-order valence-corrected chi connectivity index (χ1v) is 5.59. The van der Waals surface area contributed by atoms with Gasteiger partial charge in [0, 0.05) is 6.07 Å². The lowest BCUT2D eigenvalue weighted by atomic mass is 10.2. The molecule has 0 radical (unpaired) electrons. The third kappa shape index (κ3) is 2.84. The fraction of sp³-hybridized carbons (Fsp3) is 0.0714. The van der Waals surface area contributed by atoms with Crippen molar-refractivity contribution in [3.05, 3.63) is 47.8 Å². The van der Waals surface area contributed by atoms with Crippen LogP contribution in [0, 0.1) is 11.3 Å². The van der Waals surface area contributed by atoms with Crippen LogP contribution in [0.1, 0.15) is 16.1 Å². The van der Waals surface area contributed by atoms with Gasteiger partial charge in [0.05, 0.1) is 24.9 Å². The molecule has 100 valence electrons. The topological polar surface area (TPSA) is 92.4 Å². The second-order valence-electron chi connectivity index (χ2n) is 3.76. The van der Waals surface area contributed by atoms with Crippen molar-refractivity contribution in [3.63, 3.8) is 0 Å². The quantitative estimate of drug-likeness (QED) is 0.917. The Labute approximate surface area is 114 Å². The number of carboxylic acids is 1. The second-order valence-corrected chi connectivity index (χ2v) is 3.76. The van der Waals surface area contributed by atoms with Crippen molar-refractivity contribution in [2.75, 3.05) is 7.11 Å². The van der Waals surface area contributed by atoms with Crippen molar-refractivity contribution in [1.29, 1.82) is 5.26 Å². The molecule has 0 saturated heterocycles. The van der Waals surface area contributed by atoms with E-state index in [-0.39, 0.29) is 5.69 Å². The van der Waals surface area contributed by atoms with Crippen LogP contribution in [0.2, 0.25) is 0 Å². The van der Waals surface area contributed by atoms with E-state index in [1.165, 1.54) is 25.4 Å². The Bertz CT molecular complexity index is 675. The highest BCUT2D eigenvalue weighted by Gasteiger charge is 2.09. The average Bonchev–Trinajstić information content (AvgIpc) is 2.48. The molecule has 20 heavy (non-hydrogen) atoms. The molecule has 0 aliphatic rings. The molecule has 2 rings (SSSR count). The number of nitrogens with zero attached hydrogens (tertiary/aromatic N) is 2. The SMILES string of the molecule is COc1cc(C#N)ccc1Oc1ccc(C(=O)O)nc1. The van der Waals surface area contributed by atoms with Gasteiger partial charge in [-0.05, 0) is 24.3 Å². The number of aromatic carboxylic acids is 1. The molecule has 1 N–H and O–H groups in total. The van der Waals surface area contributed by atoms with Crippen LogP contribution in [0.4, 0.5) is 0 Å². The van der Waals surface area contributed by atoms with E-state index in [0.717, 1.165) is 0 Å². The number of carbonyl (C=O) groups is 1. The van der Waals surface area contributed by atoms with E-state index in [4.69, 9.17) is 19.8 Å². The molecule has 6 nitrogen and oxygen atoms in total. The number of ether oxygens (including phenoxy) is 2. The van der Waals surface area contributed by atoms with Crippen molar-refractivity contribution >= 4 is 5.97 Å². The molecular weight excluding hydrogens is 260 g/mol. The van der Waals surface area contributed by atoms with Crippen LogP contribution in [0.3, 0.4) is 0 Å². The van der Waals surface area contributed by atoms with Gasteiger partial charge in [-0.1, -0.05) is 0 Å². The highest BCUT2D eigenvalue weighted by atomic mass is 16.5. The van der Waals surface area contributed by atoms with E-state index in [2.05, 4.69) is 4.98 Å². The molecule has 0 aliphatic carbocycles. The summed E-state index contributed by atoms with van der Waals surface area (Å²) in [6.07, 6.45) is 1.31. The molecule has 0 spiro atoms. The number of rotatable bonds is 4. The third-order valence-electron chi connectivity index (χ3n) is 2.48. The van der Waals surface area contributed by atoms with Gasteiger partial charge in [-0.2, -0.15) is 5.26 Å². The van der Waals surface area contributed by atoms with Crippen molar-refractivity contribution in [3.8, 4) is 23.3 Å². The largest absolute Gasteiger partial charge is 0.493 e. The summed E-state index contributed by atoms with van der Waals surface area (Å²) in [4.78, 5) is 14.4. The minimum Gasteiger partial charge on any atom is -0.493 e. The number of hydrogen-bond donors (Lipinski definition) is 1. The number of pyridine rings is 1. The van der Waals surface area contributed by atoms with Crippen LogP contribution < -0.4 is 9.47 Å². The number of aromatic nitrogens is 1. The van der Waals surface area contributed by atoms with E-state index < -0.39 is 5.97 Å².